The first-order valence-electron chi connectivity index (χ1n) is 17.2. The molecule has 3 heterocycles. The summed E-state index contributed by atoms with van der Waals surface area (Å²) in [6.45, 7) is 0. The number of rotatable bonds is 0. The average molecular weight is 541 g/mol. The molecule has 0 amide bonds. The molecule has 1 aromatic carbocycles. The van der Waals surface area contributed by atoms with Crippen LogP contribution in [0, 0.1) is 0 Å². The molecular weight excluding hydrogens is 484 g/mol. The number of nitrogens with zero attached hydrogens (tertiary/aromatic N) is 2. The Labute approximate surface area is 245 Å². The van der Waals surface area contributed by atoms with Crippen molar-refractivity contribution in [2.75, 3.05) is 0 Å². The fraction of sp³-hybridized carbons (Fsp3) is 0.632. The van der Waals surface area contributed by atoms with Crippen molar-refractivity contribution in [3.63, 3.8) is 0 Å². The molecule has 4 bridgehead atoms. The van der Waals surface area contributed by atoms with Crippen LogP contribution in [0.3, 0.4) is 0 Å². The molecule has 1 aliphatic rings. The lowest BCUT2D eigenvalue weighted by molar-refractivity contribution is 0.550. The van der Waals surface area contributed by atoms with Crippen molar-refractivity contribution in [2.45, 2.75) is 154 Å². The van der Waals surface area contributed by atoms with Gasteiger partial charge in [0.25, 0.3) is 0 Å². The van der Waals surface area contributed by atoms with Crippen LogP contribution >= 0.6 is 0 Å². The minimum absolute atomic E-state index is 1.08. The van der Waals surface area contributed by atoms with Crippen LogP contribution in [0.15, 0.2) is 48.6 Å². The minimum Gasteiger partial charge on any atom is -0.251 e. The highest BCUT2D eigenvalue weighted by molar-refractivity contribution is 6.02. The van der Waals surface area contributed by atoms with Crippen LogP contribution in [0.25, 0.3) is 21.8 Å². The highest BCUT2D eigenvalue weighted by Crippen LogP contribution is 2.24. The summed E-state index contributed by atoms with van der Waals surface area (Å²) in [7, 11) is 0. The van der Waals surface area contributed by atoms with Crippen molar-refractivity contribution < 1.29 is 0 Å². The second kappa shape index (κ2) is 19.0. The monoisotopic (exact) mass is 540 g/mol. The molecule has 0 spiro atoms. The van der Waals surface area contributed by atoms with Crippen molar-refractivity contribution in [2.24, 2.45) is 0 Å². The van der Waals surface area contributed by atoms with Crippen LogP contribution in [-0.4, -0.2) is 9.97 Å². The van der Waals surface area contributed by atoms with E-state index in [4.69, 9.17) is 9.97 Å². The third kappa shape index (κ3) is 11.3. The number of hydrogen-bond acceptors (Lipinski definition) is 2. The molecule has 0 saturated carbocycles. The molecule has 0 unspecified atom stereocenters. The lowest BCUT2D eigenvalue weighted by Gasteiger charge is -2.08. The summed E-state index contributed by atoms with van der Waals surface area (Å²) in [5.74, 6) is 0. The van der Waals surface area contributed by atoms with Crippen LogP contribution in [0.5, 0.6) is 0 Å². The molecule has 0 N–H and O–H groups in total. The average Bonchev–Trinajstić information content (AvgIpc) is 2.98. The first-order valence-corrected chi connectivity index (χ1v) is 17.2. The number of pyridine rings is 2. The normalized spacial score (nSPS) is 19.5. The molecule has 40 heavy (non-hydrogen) atoms. The smallest absolute Gasteiger partial charge is 0.0967 e. The zero-order valence-electron chi connectivity index (χ0n) is 25.5. The van der Waals surface area contributed by atoms with E-state index >= 15 is 0 Å². The van der Waals surface area contributed by atoms with E-state index in [1.165, 1.54) is 163 Å². The summed E-state index contributed by atoms with van der Waals surface area (Å²) < 4.78 is 0. The van der Waals surface area contributed by atoms with E-state index in [0.717, 1.165) is 23.9 Å². The molecule has 2 aromatic heterocycles. The van der Waals surface area contributed by atoms with Gasteiger partial charge in [0.1, 0.15) is 0 Å². The Morgan fingerprint density at radius 1 is 0.325 bits per heavy atom. The molecule has 1 aliphatic heterocycles. The molecule has 3 aromatic rings. The molecule has 2 heteroatoms. The fourth-order valence-electron chi connectivity index (χ4n) is 6.33. The molecule has 4 rings (SSSR count). The van der Waals surface area contributed by atoms with Crippen LogP contribution in [-0.2, 0) is 12.8 Å². The standard InChI is InChI=1S/C38H56N2/c1-2-4-6-8-10-12-14-16-18-20-22-24-26-36-32-30-34-28-27-33-29-31-35(39-37(33)38(34)40-36)25-23-21-19-17-15-13-11-9-7-5-3-1/h1-2,27-32H,3-26H2. The first-order chi connectivity index (χ1) is 19.9. The van der Waals surface area contributed by atoms with Gasteiger partial charge in [-0.05, 0) is 63.5 Å². The van der Waals surface area contributed by atoms with Gasteiger partial charge in [0, 0.05) is 22.2 Å². The molecule has 218 valence electrons. The quantitative estimate of drug-likeness (QED) is 0.209. The maximum absolute atomic E-state index is 5.13. The summed E-state index contributed by atoms with van der Waals surface area (Å²) in [5, 5.41) is 2.43. The Kier molecular flexibility index (Phi) is 14.6. The summed E-state index contributed by atoms with van der Waals surface area (Å²) >= 11 is 0. The highest BCUT2D eigenvalue weighted by Gasteiger charge is 2.07. The zero-order chi connectivity index (χ0) is 27.5. The topological polar surface area (TPSA) is 25.8 Å². The lowest BCUT2D eigenvalue weighted by Crippen LogP contribution is -1.96. The van der Waals surface area contributed by atoms with Crippen molar-refractivity contribution in [3.8, 4) is 0 Å². The largest absolute Gasteiger partial charge is 0.251 e. The van der Waals surface area contributed by atoms with E-state index in [0.29, 0.717) is 0 Å². The van der Waals surface area contributed by atoms with Crippen molar-refractivity contribution in [1.82, 2.24) is 9.97 Å². The van der Waals surface area contributed by atoms with E-state index in [-0.39, 0.29) is 0 Å². The summed E-state index contributed by atoms with van der Waals surface area (Å²) in [6, 6.07) is 13.4. The molecule has 0 radical (unpaired) electrons. The Morgan fingerprint density at radius 3 is 1.00 bits per heavy atom. The van der Waals surface area contributed by atoms with Gasteiger partial charge in [0.15, 0.2) is 0 Å². The summed E-state index contributed by atoms with van der Waals surface area (Å²) in [5.41, 5.74) is 4.65. The van der Waals surface area contributed by atoms with E-state index < -0.39 is 0 Å². The molecule has 2 nitrogen and oxygen atoms in total. The Morgan fingerprint density at radius 2 is 0.625 bits per heavy atom. The predicted molar refractivity (Wildman–Crippen MR) is 175 cm³/mol. The SMILES string of the molecule is C1=CCCCCCCCCCCCCc2ccc3ccc4ccc(nc4c3n2)CCCCCCCCCCCC1. The zero-order valence-corrected chi connectivity index (χ0v) is 25.5. The van der Waals surface area contributed by atoms with Crippen LogP contribution in [0.2, 0.25) is 0 Å². The number of aromatic nitrogens is 2. The van der Waals surface area contributed by atoms with Crippen molar-refractivity contribution >= 4 is 21.8 Å². The third-order valence-electron chi connectivity index (χ3n) is 8.91. The maximum Gasteiger partial charge on any atom is 0.0967 e. The number of aryl methyl sites for hydroxylation is 2. The Hall–Kier alpha value is -2.22. The number of fused-ring (bicyclic) bond motifs is 2. The van der Waals surface area contributed by atoms with E-state index in [1.807, 2.05) is 0 Å². The van der Waals surface area contributed by atoms with Crippen molar-refractivity contribution in [1.29, 1.82) is 0 Å². The van der Waals surface area contributed by atoms with Crippen LogP contribution < -0.4 is 0 Å². The van der Waals surface area contributed by atoms with Crippen molar-refractivity contribution in [3.05, 3.63) is 59.9 Å². The van der Waals surface area contributed by atoms with E-state index in [2.05, 4.69) is 48.6 Å². The first kappa shape index (κ1) is 30.7. The van der Waals surface area contributed by atoms with Gasteiger partial charge in [-0.15, -0.1) is 0 Å². The van der Waals surface area contributed by atoms with Gasteiger partial charge in [0.2, 0.25) is 0 Å². The van der Waals surface area contributed by atoms with Gasteiger partial charge in [-0.1, -0.05) is 139 Å². The highest BCUT2D eigenvalue weighted by atomic mass is 14.8. The van der Waals surface area contributed by atoms with E-state index in [1.54, 1.807) is 0 Å². The maximum atomic E-state index is 5.13. The van der Waals surface area contributed by atoms with Gasteiger partial charge in [-0.25, -0.2) is 0 Å². The predicted octanol–water partition coefficient (Wildman–Crippen LogP) is 12.0. The van der Waals surface area contributed by atoms with E-state index in [9.17, 15) is 0 Å². The van der Waals surface area contributed by atoms with Crippen LogP contribution in [0.4, 0.5) is 0 Å². The second-order valence-corrected chi connectivity index (χ2v) is 12.4. The van der Waals surface area contributed by atoms with Gasteiger partial charge in [-0.2, -0.15) is 0 Å². The minimum atomic E-state index is 1.08. The molecule has 0 atom stereocenters. The molecule has 0 saturated heterocycles. The summed E-state index contributed by atoms with van der Waals surface area (Å²) in [4.78, 5) is 10.3. The van der Waals surface area contributed by atoms with Gasteiger partial charge >= 0.3 is 0 Å². The lowest BCUT2D eigenvalue weighted by atomic mass is 10.0. The van der Waals surface area contributed by atoms with Gasteiger partial charge < -0.3 is 0 Å². The third-order valence-corrected chi connectivity index (χ3v) is 8.91. The Balaban J connectivity index is 1.28. The van der Waals surface area contributed by atoms with Gasteiger partial charge in [0.05, 0.1) is 11.0 Å². The van der Waals surface area contributed by atoms with Gasteiger partial charge in [-0.3, -0.25) is 9.97 Å². The number of hydrogen-bond donors (Lipinski definition) is 0. The Bertz CT molecular complexity index is 1040. The number of benzene rings is 1. The summed E-state index contributed by atoms with van der Waals surface area (Å²) in [6.07, 6.45) is 37.3. The van der Waals surface area contributed by atoms with Crippen LogP contribution in [0.1, 0.15) is 153 Å². The number of allylic oxidation sites excluding steroid dienone is 2. The fourth-order valence-corrected chi connectivity index (χ4v) is 6.33. The molecular formula is C38H56N2. The second-order valence-electron chi connectivity index (χ2n) is 12.4. The molecule has 0 fully saturated rings. The molecule has 0 aliphatic carbocycles.